The van der Waals surface area contributed by atoms with Gasteiger partial charge in [-0.25, -0.2) is 0 Å². The first-order valence-electron chi connectivity index (χ1n) is 6.59. The van der Waals surface area contributed by atoms with Crippen molar-refractivity contribution in [3.8, 4) is 0 Å². The maximum absolute atomic E-state index is 9.59. The normalized spacial score (nSPS) is 40.4. The van der Waals surface area contributed by atoms with E-state index >= 15 is 0 Å². The molecule has 2 aliphatic rings. The van der Waals surface area contributed by atoms with Gasteiger partial charge in [-0.3, -0.25) is 0 Å². The highest BCUT2D eigenvalue weighted by molar-refractivity contribution is 5.32. The van der Waals surface area contributed by atoms with E-state index in [2.05, 4.69) is 40.7 Å². The average Bonchev–Trinajstić information content (AvgIpc) is 2.38. The molecule has 0 bridgehead atoms. The zero-order chi connectivity index (χ0) is 12.2. The number of rotatable bonds is 1. The van der Waals surface area contributed by atoms with Gasteiger partial charge in [0.2, 0.25) is 0 Å². The van der Waals surface area contributed by atoms with Gasteiger partial charge in [0.05, 0.1) is 0 Å². The van der Waals surface area contributed by atoms with E-state index in [1.165, 1.54) is 19.3 Å². The summed E-state index contributed by atoms with van der Waals surface area (Å²) < 4.78 is 0. The van der Waals surface area contributed by atoms with Gasteiger partial charge in [0.1, 0.15) is 0 Å². The summed E-state index contributed by atoms with van der Waals surface area (Å²) in [7, 11) is 0. The second-order valence-electron chi connectivity index (χ2n) is 7.07. The van der Waals surface area contributed by atoms with Gasteiger partial charge >= 0.3 is 0 Å². The lowest BCUT2D eigenvalue weighted by Crippen LogP contribution is -2.49. The summed E-state index contributed by atoms with van der Waals surface area (Å²) in [5.74, 6) is 0.338. The van der Waals surface area contributed by atoms with Crippen LogP contribution in [0.1, 0.15) is 53.9 Å². The molecular formula is C15H26O. The molecule has 1 nitrogen and oxygen atoms in total. The number of allylic oxidation sites excluding steroid dienone is 1. The predicted molar refractivity (Wildman–Crippen MR) is 68.2 cm³/mol. The number of hydrogen-bond donors (Lipinski definition) is 1. The summed E-state index contributed by atoms with van der Waals surface area (Å²) in [6.07, 6.45) is 6.23. The standard InChI is InChI=1S/C15H26O/c1-13(2)8-6-7-11-9-12(10-16)14(3,4)15(11,13)5/h9,12,16H,6-8,10H2,1-5H3. The Morgan fingerprint density at radius 3 is 2.38 bits per heavy atom. The van der Waals surface area contributed by atoms with Crippen molar-refractivity contribution in [3.63, 3.8) is 0 Å². The largest absolute Gasteiger partial charge is 0.396 e. The van der Waals surface area contributed by atoms with Crippen LogP contribution in [-0.2, 0) is 0 Å². The van der Waals surface area contributed by atoms with Gasteiger partial charge in [-0.1, -0.05) is 46.3 Å². The average molecular weight is 222 g/mol. The van der Waals surface area contributed by atoms with E-state index in [-0.39, 0.29) is 10.8 Å². The van der Waals surface area contributed by atoms with E-state index in [1.807, 2.05) is 0 Å². The van der Waals surface area contributed by atoms with Crippen LogP contribution >= 0.6 is 0 Å². The van der Waals surface area contributed by atoms with Crippen LogP contribution in [0, 0.1) is 22.2 Å². The van der Waals surface area contributed by atoms with Crippen molar-refractivity contribution >= 4 is 0 Å². The van der Waals surface area contributed by atoms with Crippen LogP contribution < -0.4 is 0 Å². The summed E-state index contributed by atoms with van der Waals surface area (Å²) in [6.45, 7) is 12.2. The zero-order valence-corrected chi connectivity index (χ0v) is 11.4. The third-order valence-corrected chi connectivity index (χ3v) is 6.06. The number of hydrogen-bond acceptors (Lipinski definition) is 1. The molecule has 1 fully saturated rings. The number of aliphatic hydroxyl groups is 1. The van der Waals surface area contributed by atoms with E-state index in [0.29, 0.717) is 17.9 Å². The second kappa shape index (κ2) is 3.35. The van der Waals surface area contributed by atoms with Gasteiger partial charge in [0.25, 0.3) is 0 Å². The summed E-state index contributed by atoms with van der Waals surface area (Å²) in [6, 6.07) is 0. The van der Waals surface area contributed by atoms with Crippen LogP contribution in [0.3, 0.4) is 0 Å². The Bertz CT molecular complexity index is 324. The molecule has 2 atom stereocenters. The lowest BCUT2D eigenvalue weighted by Gasteiger charge is -2.56. The lowest BCUT2D eigenvalue weighted by molar-refractivity contribution is -0.0418. The fourth-order valence-electron chi connectivity index (χ4n) is 4.29. The molecule has 0 aromatic rings. The van der Waals surface area contributed by atoms with Gasteiger partial charge in [0.15, 0.2) is 0 Å². The highest BCUT2D eigenvalue weighted by Crippen LogP contribution is 2.67. The molecule has 2 rings (SSSR count). The molecule has 0 radical (unpaired) electrons. The minimum Gasteiger partial charge on any atom is -0.396 e. The minimum atomic E-state index is 0.182. The molecule has 0 amide bonds. The molecule has 1 heteroatoms. The Kier molecular flexibility index (Phi) is 2.55. The molecule has 0 aromatic carbocycles. The van der Waals surface area contributed by atoms with Gasteiger partial charge < -0.3 is 5.11 Å². The summed E-state index contributed by atoms with van der Waals surface area (Å²) in [4.78, 5) is 0. The first-order valence-corrected chi connectivity index (χ1v) is 6.59. The monoisotopic (exact) mass is 222 g/mol. The molecule has 0 saturated heterocycles. The topological polar surface area (TPSA) is 20.2 Å². The molecule has 0 aliphatic heterocycles. The fourth-order valence-corrected chi connectivity index (χ4v) is 4.29. The molecule has 92 valence electrons. The van der Waals surface area contributed by atoms with Gasteiger partial charge in [-0.2, -0.15) is 0 Å². The van der Waals surface area contributed by atoms with E-state index in [9.17, 15) is 5.11 Å². The number of fused-ring (bicyclic) bond motifs is 1. The Labute approximate surface area is 99.9 Å². The van der Waals surface area contributed by atoms with E-state index in [0.717, 1.165) is 0 Å². The molecule has 2 unspecified atom stereocenters. The molecular weight excluding hydrogens is 196 g/mol. The Morgan fingerprint density at radius 2 is 1.88 bits per heavy atom. The summed E-state index contributed by atoms with van der Waals surface area (Å²) in [5.41, 5.74) is 2.39. The van der Waals surface area contributed by atoms with Crippen molar-refractivity contribution in [3.05, 3.63) is 11.6 Å². The minimum absolute atomic E-state index is 0.182. The quantitative estimate of drug-likeness (QED) is 0.669. The van der Waals surface area contributed by atoms with Crippen LogP contribution in [0.15, 0.2) is 11.6 Å². The first-order chi connectivity index (χ1) is 7.27. The Hall–Kier alpha value is -0.300. The van der Waals surface area contributed by atoms with E-state index < -0.39 is 0 Å². The molecule has 1 saturated carbocycles. The summed E-state index contributed by atoms with van der Waals surface area (Å²) in [5, 5.41) is 9.59. The van der Waals surface area contributed by atoms with Crippen LogP contribution in [-0.4, -0.2) is 11.7 Å². The van der Waals surface area contributed by atoms with Gasteiger partial charge in [-0.05, 0) is 35.5 Å². The van der Waals surface area contributed by atoms with Crippen molar-refractivity contribution in [1.82, 2.24) is 0 Å². The molecule has 0 spiro atoms. The van der Waals surface area contributed by atoms with Crippen LogP contribution in [0.25, 0.3) is 0 Å². The predicted octanol–water partition coefficient (Wildman–Crippen LogP) is 3.78. The molecule has 1 N–H and O–H groups in total. The van der Waals surface area contributed by atoms with Crippen molar-refractivity contribution in [2.75, 3.05) is 6.61 Å². The fraction of sp³-hybridized carbons (Fsp3) is 0.867. The molecule has 0 heterocycles. The SMILES string of the molecule is CC1(C)CCCC2=CC(CO)C(C)(C)C21C. The lowest BCUT2D eigenvalue weighted by atomic mass is 9.48. The van der Waals surface area contributed by atoms with Gasteiger partial charge in [0, 0.05) is 12.5 Å². The molecule has 2 aliphatic carbocycles. The van der Waals surface area contributed by atoms with E-state index in [1.54, 1.807) is 5.57 Å². The second-order valence-corrected chi connectivity index (χ2v) is 7.07. The number of aliphatic hydroxyl groups excluding tert-OH is 1. The van der Waals surface area contributed by atoms with E-state index in [4.69, 9.17) is 0 Å². The van der Waals surface area contributed by atoms with Crippen molar-refractivity contribution < 1.29 is 5.11 Å². The smallest absolute Gasteiger partial charge is 0.0499 e. The summed E-state index contributed by atoms with van der Waals surface area (Å²) >= 11 is 0. The van der Waals surface area contributed by atoms with Crippen molar-refractivity contribution in [2.45, 2.75) is 53.9 Å². The third kappa shape index (κ3) is 1.21. The highest BCUT2D eigenvalue weighted by atomic mass is 16.3. The third-order valence-electron chi connectivity index (χ3n) is 6.06. The van der Waals surface area contributed by atoms with Crippen LogP contribution in [0.4, 0.5) is 0 Å². The molecule has 16 heavy (non-hydrogen) atoms. The molecule has 0 aromatic heterocycles. The Morgan fingerprint density at radius 1 is 1.25 bits per heavy atom. The first kappa shape index (κ1) is 12.2. The van der Waals surface area contributed by atoms with Crippen LogP contribution in [0.2, 0.25) is 0 Å². The zero-order valence-electron chi connectivity index (χ0n) is 11.4. The maximum Gasteiger partial charge on any atom is 0.0499 e. The maximum atomic E-state index is 9.59. The highest BCUT2D eigenvalue weighted by Gasteiger charge is 2.59. The van der Waals surface area contributed by atoms with Crippen molar-refractivity contribution in [1.29, 1.82) is 0 Å². The van der Waals surface area contributed by atoms with Gasteiger partial charge in [-0.15, -0.1) is 0 Å². The van der Waals surface area contributed by atoms with Crippen molar-refractivity contribution in [2.24, 2.45) is 22.2 Å². The Balaban J connectivity index is 2.51. The van der Waals surface area contributed by atoms with Crippen LogP contribution in [0.5, 0.6) is 0 Å².